The number of nitrogens with one attached hydrogen (secondary N) is 1. The van der Waals surface area contributed by atoms with Crippen LogP contribution in [-0.4, -0.2) is 31.5 Å². The Bertz CT molecular complexity index is 855. The van der Waals surface area contributed by atoms with Gasteiger partial charge in [0.05, 0.1) is 0 Å². The first kappa shape index (κ1) is 14.6. The van der Waals surface area contributed by atoms with Gasteiger partial charge < -0.3 is 9.52 Å². The van der Waals surface area contributed by atoms with Crippen LogP contribution >= 0.6 is 0 Å². The summed E-state index contributed by atoms with van der Waals surface area (Å²) in [6.07, 6.45) is 1.15. The SMILES string of the molecule is O=C(C=C(O)c1nn[nH]n1)c1ccc(Cc2ccccc2F)o1. The first-order valence-electron chi connectivity index (χ1n) is 6.64. The van der Waals surface area contributed by atoms with Gasteiger partial charge in [0.15, 0.2) is 11.5 Å². The van der Waals surface area contributed by atoms with Crippen LogP contribution in [0.5, 0.6) is 0 Å². The Balaban J connectivity index is 1.75. The molecule has 0 amide bonds. The smallest absolute Gasteiger partial charge is 0.239 e. The second-order valence-electron chi connectivity index (χ2n) is 4.66. The number of ketones is 1. The topological polar surface area (TPSA) is 105 Å². The molecular weight excluding hydrogens is 303 g/mol. The maximum Gasteiger partial charge on any atom is 0.239 e. The number of halogens is 1. The summed E-state index contributed by atoms with van der Waals surface area (Å²) in [6.45, 7) is 0. The van der Waals surface area contributed by atoms with Gasteiger partial charge in [0, 0.05) is 12.5 Å². The van der Waals surface area contributed by atoms with E-state index < -0.39 is 11.5 Å². The molecular formula is C15H11FN4O3. The average Bonchev–Trinajstić information content (AvgIpc) is 3.21. The fourth-order valence-electron chi connectivity index (χ4n) is 1.96. The molecule has 2 N–H and O–H groups in total. The molecule has 8 heteroatoms. The highest BCUT2D eigenvalue weighted by Gasteiger charge is 2.14. The van der Waals surface area contributed by atoms with Gasteiger partial charge in [0.25, 0.3) is 0 Å². The van der Waals surface area contributed by atoms with Crippen LogP contribution in [0.1, 0.15) is 27.7 Å². The summed E-state index contributed by atoms with van der Waals surface area (Å²) in [5.41, 5.74) is 0.464. The minimum Gasteiger partial charge on any atom is -0.504 e. The van der Waals surface area contributed by atoms with Crippen molar-refractivity contribution in [1.82, 2.24) is 20.6 Å². The number of hydrogen-bond acceptors (Lipinski definition) is 6. The normalized spacial score (nSPS) is 11.6. The number of nitrogens with zero attached hydrogens (tertiary/aromatic N) is 3. The summed E-state index contributed by atoms with van der Waals surface area (Å²) < 4.78 is 19.0. The molecule has 7 nitrogen and oxygen atoms in total. The van der Waals surface area contributed by atoms with Gasteiger partial charge in [0.1, 0.15) is 11.6 Å². The van der Waals surface area contributed by atoms with E-state index in [-0.39, 0.29) is 23.8 Å². The number of aliphatic hydroxyl groups excluding tert-OH is 1. The molecule has 0 saturated heterocycles. The molecule has 2 aromatic heterocycles. The minimum atomic E-state index is -0.563. The predicted molar refractivity (Wildman–Crippen MR) is 77.0 cm³/mol. The van der Waals surface area contributed by atoms with Crippen LogP contribution in [0.25, 0.3) is 5.76 Å². The van der Waals surface area contributed by atoms with Gasteiger partial charge in [-0.15, -0.1) is 10.2 Å². The van der Waals surface area contributed by atoms with Crippen LogP contribution < -0.4 is 0 Å². The summed E-state index contributed by atoms with van der Waals surface area (Å²) in [7, 11) is 0. The third kappa shape index (κ3) is 3.31. The van der Waals surface area contributed by atoms with Crippen LogP contribution in [0.4, 0.5) is 4.39 Å². The van der Waals surface area contributed by atoms with Gasteiger partial charge >= 0.3 is 0 Å². The summed E-state index contributed by atoms with van der Waals surface area (Å²) in [4.78, 5) is 12.0. The lowest BCUT2D eigenvalue weighted by molar-refractivity contribution is 0.101. The molecule has 0 unspecified atom stereocenters. The van der Waals surface area contributed by atoms with E-state index in [1.165, 1.54) is 12.1 Å². The first-order chi connectivity index (χ1) is 11.1. The van der Waals surface area contributed by atoms with E-state index in [1.807, 2.05) is 0 Å². The molecule has 23 heavy (non-hydrogen) atoms. The molecule has 0 fully saturated rings. The molecule has 0 saturated carbocycles. The van der Waals surface area contributed by atoms with E-state index in [0.717, 1.165) is 6.08 Å². The molecule has 0 atom stereocenters. The highest BCUT2D eigenvalue weighted by molar-refractivity contribution is 6.05. The molecule has 3 rings (SSSR count). The molecule has 0 aliphatic rings. The Labute approximate surface area is 129 Å². The van der Waals surface area contributed by atoms with Gasteiger partial charge in [0.2, 0.25) is 11.6 Å². The number of aliphatic hydroxyl groups is 1. The predicted octanol–water partition coefficient (Wildman–Crippen LogP) is 2.30. The third-order valence-corrected chi connectivity index (χ3v) is 3.07. The Morgan fingerprint density at radius 3 is 2.87 bits per heavy atom. The van der Waals surface area contributed by atoms with E-state index in [4.69, 9.17) is 4.42 Å². The number of H-pyrrole nitrogens is 1. The number of benzene rings is 1. The van der Waals surface area contributed by atoms with E-state index in [0.29, 0.717) is 11.3 Å². The number of carbonyl (C=O) groups excluding carboxylic acids is 1. The van der Waals surface area contributed by atoms with Gasteiger partial charge in [-0.05, 0) is 29.0 Å². The zero-order chi connectivity index (χ0) is 16.2. The number of furan rings is 1. The molecule has 0 bridgehead atoms. The average molecular weight is 314 g/mol. The first-order valence-corrected chi connectivity index (χ1v) is 6.64. The van der Waals surface area contributed by atoms with Gasteiger partial charge in [-0.2, -0.15) is 5.21 Å². The van der Waals surface area contributed by atoms with Crippen molar-refractivity contribution < 1.29 is 18.7 Å². The molecule has 0 aliphatic heterocycles. The summed E-state index contributed by atoms with van der Waals surface area (Å²) >= 11 is 0. The van der Waals surface area contributed by atoms with Crippen LogP contribution in [0, 0.1) is 5.82 Å². The molecule has 0 radical (unpaired) electrons. The zero-order valence-corrected chi connectivity index (χ0v) is 11.7. The summed E-state index contributed by atoms with van der Waals surface area (Å²) in [5, 5.41) is 22.2. The maximum absolute atomic E-state index is 13.6. The van der Waals surface area contributed by atoms with Gasteiger partial charge in [-0.3, -0.25) is 4.79 Å². The molecule has 116 valence electrons. The summed E-state index contributed by atoms with van der Waals surface area (Å²) in [5.74, 6) is -0.983. The number of carbonyl (C=O) groups is 1. The number of tetrazole rings is 1. The molecule has 0 spiro atoms. The van der Waals surface area contributed by atoms with Crippen LogP contribution in [-0.2, 0) is 6.42 Å². The van der Waals surface area contributed by atoms with Crippen molar-refractivity contribution in [3.05, 3.63) is 71.2 Å². The van der Waals surface area contributed by atoms with Crippen molar-refractivity contribution in [3.8, 4) is 0 Å². The molecule has 2 heterocycles. The van der Waals surface area contributed by atoms with Crippen molar-refractivity contribution in [2.24, 2.45) is 0 Å². The van der Waals surface area contributed by atoms with Gasteiger partial charge in [-0.25, -0.2) is 4.39 Å². The minimum absolute atomic E-state index is 0.0198. The van der Waals surface area contributed by atoms with Crippen molar-refractivity contribution in [1.29, 1.82) is 0 Å². The third-order valence-electron chi connectivity index (χ3n) is 3.07. The van der Waals surface area contributed by atoms with E-state index in [2.05, 4.69) is 20.6 Å². The zero-order valence-electron chi connectivity index (χ0n) is 11.7. The van der Waals surface area contributed by atoms with Crippen molar-refractivity contribution in [3.63, 3.8) is 0 Å². The second kappa shape index (κ2) is 6.22. The van der Waals surface area contributed by atoms with Crippen LogP contribution in [0.15, 0.2) is 46.9 Å². The largest absolute Gasteiger partial charge is 0.504 e. The van der Waals surface area contributed by atoms with Crippen LogP contribution in [0.2, 0.25) is 0 Å². The highest BCUT2D eigenvalue weighted by Crippen LogP contribution is 2.17. The van der Waals surface area contributed by atoms with Crippen LogP contribution in [0.3, 0.4) is 0 Å². The fourth-order valence-corrected chi connectivity index (χ4v) is 1.96. The molecule has 3 aromatic rings. The number of hydrogen-bond donors (Lipinski definition) is 2. The Kier molecular flexibility index (Phi) is 3.96. The summed E-state index contributed by atoms with van der Waals surface area (Å²) in [6, 6.07) is 9.36. The Morgan fingerprint density at radius 1 is 1.30 bits per heavy atom. The van der Waals surface area contributed by atoms with Crippen molar-refractivity contribution in [2.45, 2.75) is 6.42 Å². The van der Waals surface area contributed by atoms with Gasteiger partial charge in [-0.1, -0.05) is 18.2 Å². The fraction of sp³-hybridized carbons (Fsp3) is 0.0667. The van der Waals surface area contributed by atoms with Crippen molar-refractivity contribution in [2.75, 3.05) is 0 Å². The quantitative estimate of drug-likeness (QED) is 0.425. The number of aromatic amines is 1. The number of aromatic nitrogens is 4. The lowest BCUT2D eigenvalue weighted by Crippen LogP contribution is -1.96. The Hall–Kier alpha value is -3.29. The van der Waals surface area contributed by atoms with E-state index >= 15 is 0 Å². The number of allylic oxidation sites excluding steroid dienone is 1. The second-order valence-corrected chi connectivity index (χ2v) is 4.66. The monoisotopic (exact) mass is 314 g/mol. The maximum atomic E-state index is 13.6. The van der Waals surface area contributed by atoms with Crippen molar-refractivity contribution >= 4 is 11.5 Å². The lowest BCUT2D eigenvalue weighted by Gasteiger charge is -1.99. The molecule has 0 aliphatic carbocycles. The lowest BCUT2D eigenvalue weighted by atomic mass is 10.1. The highest BCUT2D eigenvalue weighted by atomic mass is 19.1. The van der Waals surface area contributed by atoms with E-state index in [9.17, 15) is 14.3 Å². The molecule has 1 aromatic carbocycles. The Morgan fingerprint density at radius 2 is 2.13 bits per heavy atom. The standard InChI is InChI=1S/C15H11FN4O3/c16-11-4-2-1-3-9(11)7-10-5-6-14(23-10)12(21)8-13(22)15-17-19-20-18-15/h1-6,8,22H,7H2,(H,17,18,19,20). The number of rotatable bonds is 5. The van der Waals surface area contributed by atoms with E-state index in [1.54, 1.807) is 24.3 Å².